The van der Waals surface area contributed by atoms with Crippen molar-refractivity contribution in [3.63, 3.8) is 0 Å². The van der Waals surface area contributed by atoms with Crippen molar-refractivity contribution in [2.75, 3.05) is 0 Å². The Morgan fingerprint density at radius 2 is 1.42 bits per heavy atom. The average Bonchev–Trinajstić information content (AvgIpc) is 2.55. The van der Waals surface area contributed by atoms with E-state index in [1.807, 2.05) is 37.3 Å². The van der Waals surface area contributed by atoms with Gasteiger partial charge in [-0.25, -0.2) is 0 Å². The number of carboxylic acid groups (broad SMARTS) is 1. The minimum atomic E-state index is -0.831. The first-order valence-electron chi connectivity index (χ1n) is 8.45. The summed E-state index contributed by atoms with van der Waals surface area (Å²) in [6.45, 7) is 1.93. The molecule has 0 aliphatic carbocycles. The van der Waals surface area contributed by atoms with Crippen molar-refractivity contribution in [2.45, 2.75) is 57.7 Å². The fourth-order valence-corrected chi connectivity index (χ4v) is 1.74. The van der Waals surface area contributed by atoms with Crippen LogP contribution in [0.25, 0.3) is 0 Å². The highest BCUT2D eigenvalue weighted by Crippen LogP contribution is 2.02. The molecule has 2 atom stereocenters. The first-order chi connectivity index (χ1) is 11.6. The van der Waals surface area contributed by atoms with Crippen LogP contribution in [0.15, 0.2) is 60.8 Å². The molecule has 0 radical (unpaired) electrons. The van der Waals surface area contributed by atoms with Gasteiger partial charge >= 0.3 is 5.97 Å². The van der Waals surface area contributed by atoms with Crippen molar-refractivity contribution in [3.05, 3.63) is 60.8 Å². The van der Waals surface area contributed by atoms with Crippen LogP contribution in [0, 0.1) is 0 Å². The third kappa shape index (κ3) is 16.5. The van der Waals surface area contributed by atoms with Crippen LogP contribution in [-0.4, -0.2) is 33.5 Å². The summed E-state index contributed by atoms with van der Waals surface area (Å²) in [7, 11) is 0. The van der Waals surface area contributed by atoms with Gasteiger partial charge in [0.2, 0.25) is 0 Å². The average molecular weight is 334 g/mol. The van der Waals surface area contributed by atoms with Gasteiger partial charge in [-0.15, -0.1) is 0 Å². The molecule has 134 valence electrons. The molecule has 0 aliphatic rings. The molecule has 0 heterocycles. The molecule has 0 aromatic heterocycles. The van der Waals surface area contributed by atoms with E-state index in [0.717, 1.165) is 19.3 Å². The number of aliphatic hydroxyl groups excluding tert-OH is 2. The molecule has 4 nitrogen and oxygen atoms in total. The summed E-state index contributed by atoms with van der Waals surface area (Å²) in [4.78, 5) is 10.3. The fraction of sp³-hybridized carbons (Fsp3) is 0.450. The maximum atomic E-state index is 10.3. The molecular weight excluding hydrogens is 304 g/mol. The van der Waals surface area contributed by atoms with E-state index in [0.29, 0.717) is 12.8 Å². The Bertz CT molecular complexity index is 458. The van der Waals surface area contributed by atoms with Crippen molar-refractivity contribution in [2.24, 2.45) is 0 Å². The summed E-state index contributed by atoms with van der Waals surface area (Å²) >= 11 is 0. The van der Waals surface area contributed by atoms with Crippen molar-refractivity contribution in [1.29, 1.82) is 0 Å². The normalized spacial score (nSPS) is 15.5. The molecule has 0 saturated carbocycles. The van der Waals surface area contributed by atoms with Crippen LogP contribution < -0.4 is 0 Å². The van der Waals surface area contributed by atoms with E-state index in [4.69, 9.17) is 5.11 Å². The highest BCUT2D eigenvalue weighted by atomic mass is 16.4. The van der Waals surface area contributed by atoms with E-state index >= 15 is 0 Å². The molecule has 0 aliphatic heterocycles. The quantitative estimate of drug-likeness (QED) is 0.352. The van der Waals surface area contributed by atoms with Gasteiger partial charge in [-0.05, 0) is 32.1 Å². The zero-order valence-electron chi connectivity index (χ0n) is 14.4. The zero-order valence-corrected chi connectivity index (χ0v) is 14.4. The Morgan fingerprint density at radius 1 is 0.875 bits per heavy atom. The largest absolute Gasteiger partial charge is 0.481 e. The minimum absolute atomic E-state index is 0.0922. The Balaban J connectivity index is 3.73. The lowest BCUT2D eigenvalue weighted by atomic mass is 10.1. The molecule has 0 amide bonds. The third-order valence-electron chi connectivity index (χ3n) is 3.18. The van der Waals surface area contributed by atoms with E-state index in [1.54, 1.807) is 18.2 Å². The second-order valence-electron chi connectivity index (χ2n) is 5.40. The van der Waals surface area contributed by atoms with Crippen LogP contribution in [-0.2, 0) is 4.79 Å². The predicted molar refractivity (Wildman–Crippen MR) is 98.7 cm³/mol. The number of carbonyl (C=O) groups is 1. The molecule has 0 aromatic rings. The molecule has 0 spiro atoms. The van der Waals surface area contributed by atoms with Gasteiger partial charge in [-0.2, -0.15) is 0 Å². The predicted octanol–water partition coefficient (Wildman–Crippen LogP) is 3.93. The maximum Gasteiger partial charge on any atom is 0.303 e. The lowest BCUT2D eigenvalue weighted by molar-refractivity contribution is -0.137. The first-order valence-corrected chi connectivity index (χ1v) is 8.45. The number of hydrogen-bond donors (Lipinski definition) is 3. The van der Waals surface area contributed by atoms with Crippen LogP contribution in [0.5, 0.6) is 0 Å². The van der Waals surface area contributed by atoms with E-state index in [2.05, 4.69) is 12.2 Å². The van der Waals surface area contributed by atoms with Crippen LogP contribution >= 0.6 is 0 Å². The molecule has 0 aromatic carbocycles. The molecule has 0 unspecified atom stereocenters. The zero-order chi connectivity index (χ0) is 18.0. The monoisotopic (exact) mass is 334 g/mol. The number of rotatable bonds is 13. The highest BCUT2D eigenvalue weighted by Gasteiger charge is 2.01. The van der Waals surface area contributed by atoms with E-state index in [1.165, 1.54) is 0 Å². The van der Waals surface area contributed by atoms with Gasteiger partial charge in [0.1, 0.15) is 0 Å². The summed E-state index contributed by atoms with van der Waals surface area (Å²) in [5.74, 6) is -0.831. The molecule has 0 rings (SSSR count). The number of aliphatic hydroxyl groups is 2. The summed E-state index contributed by atoms with van der Waals surface area (Å²) in [6.07, 6.45) is 21.5. The van der Waals surface area contributed by atoms with Gasteiger partial charge in [0.25, 0.3) is 0 Å². The second kappa shape index (κ2) is 16.0. The number of aliphatic carboxylic acids is 1. The Labute approximate surface area is 145 Å². The summed E-state index contributed by atoms with van der Waals surface area (Å²) in [5.41, 5.74) is 0. The van der Waals surface area contributed by atoms with Crippen LogP contribution in [0.2, 0.25) is 0 Å². The third-order valence-corrected chi connectivity index (χ3v) is 3.18. The van der Waals surface area contributed by atoms with Crippen LogP contribution in [0.4, 0.5) is 0 Å². The van der Waals surface area contributed by atoms with Gasteiger partial charge in [0.05, 0.1) is 12.2 Å². The molecule has 0 saturated heterocycles. The lowest BCUT2D eigenvalue weighted by Crippen LogP contribution is -2.03. The van der Waals surface area contributed by atoms with E-state index in [-0.39, 0.29) is 12.5 Å². The summed E-state index contributed by atoms with van der Waals surface area (Å²) in [6, 6.07) is 0. The van der Waals surface area contributed by atoms with E-state index in [9.17, 15) is 15.0 Å². The van der Waals surface area contributed by atoms with Gasteiger partial charge in [-0.3, -0.25) is 4.79 Å². The topological polar surface area (TPSA) is 77.8 Å². The molecule has 4 heteroatoms. The van der Waals surface area contributed by atoms with Gasteiger partial charge in [0.15, 0.2) is 0 Å². The smallest absolute Gasteiger partial charge is 0.303 e. The summed E-state index contributed by atoms with van der Waals surface area (Å²) in [5, 5.41) is 27.4. The van der Waals surface area contributed by atoms with Gasteiger partial charge < -0.3 is 15.3 Å². The van der Waals surface area contributed by atoms with Crippen molar-refractivity contribution in [1.82, 2.24) is 0 Å². The molecular formula is C20H30O4. The standard InChI is InChI=1S/C20H30O4/c1-2-18(21)14-11-9-7-5-3-4-6-8-10-12-15-19(22)16-13-17-20(23)24/h3-4,7-12,14-15,18-19,21-22H,2,5-6,13,16-17H2,1H3,(H,23,24)/b4-3-,9-7-,10-8-,14-11+,15-12+/t18-,19-/m0/s1. The number of hydrogen-bond acceptors (Lipinski definition) is 3. The first kappa shape index (κ1) is 22.1. The van der Waals surface area contributed by atoms with Crippen molar-refractivity contribution in [3.8, 4) is 0 Å². The number of carboxylic acids is 1. The van der Waals surface area contributed by atoms with Crippen LogP contribution in [0.3, 0.4) is 0 Å². The maximum absolute atomic E-state index is 10.3. The Morgan fingerprint density at radius 3 is 1.92 bits per heavy atom. The van der Waals surface area contributed by atoms with E-state index < -0.39 is 12.1 Å². The molecule has 0 fully saturated rings. The second-order valence-corrected chi connectivity index (χ2v) is 5.40. The van der Waals surface area contributed by atoms with Crippen molar-refractivity contribution < 1.29 is 20.1 Å². The van der Waals surface area contributed by atoms with Crippen molar-refractivity contribution >= 4 is 5.97 Å². The summed E-state index contributed by atoms with van der Waals surface area (Å²) < 4.78 is 0. The lowest BCUT2D eigenvalue weighted by Gasteiger charge is -2.02. The number of allylic oxidation sites excluding steroid dienone is 8. The SMILES string of the molecule is CC[C@H](O)/C=C/C=C\C/C=C\C/C=C\C=C\[C@H](O)CCCC(=O)O. The van der Waals surface area contributed by atoms with Gasteiger partial charge in [-0.1, -0.05) is 67.7 Å². The fourth-order valence-electron chi connectivity index (χ4n) is 1.74. The highest BCUT2D eigenvalue weighted by molar-refractivity contribution is 5.66. The molecule has 0 bridgehead atoms. The molecule has 24 heavy (non-hydrogen) atoms. The minimum Gasteiger partial charge on any atom is -0.481 e. The molecule has 3 N–H and O–H groups in total. The Hall–Kier alpha value is -1.91. The van der Waals surface area contributed by atoms with Crippen LogP contribution in [0.1, 0.15) is 45.4 Å². The Kier molecular flexibility index (Phi) is 14.7. The van der Waals surface area contributed by atoms with Gasteiger partial charge in [0, 0.05) is 6.42 Å².